The Balaban J connectivity index is 1.32. The molecule has 0 atom stereocenters. The van der Waals surface area contributed by atoms with Gasteiger partial charge in [-0.15, -0.1) is 0 Å². The Kier molecular flexibility index (Phi) is 7.24. The van der Waals surface area contributed by atoms with E-state index in [2.05, 4.69) is 25.6 Å². The van der Waals surface area contributed by atoms with Crippen molar-refractivity contribution >= 4 is 29.3 Å². The van der Waals surface area contributed by atoms with Crippen LogP contribution in [0.15, 0.2) is 54.9 Å². The highest BCUT2D eigenvalue weighted by Gasteiger charge is 2.25. The van der Waals surface area contributed by atoms with Crippen LogP contribution in [0.25, 0.3) is 0 Å². The average molecular weight is 467 g/mol. The summed E-state index contributed by atoms with van der Waals surface area (Å²) in [7, 11) is 3.79. The van der Waals surface area contributed by atoms with E-state index in [0.717, 1.165) is 25.7 Å². The van der Waals surface area contributed by atoms with E-state index in [-0.39, 0.29) is 18.0 Å². The maximum Gasteiger partial charge on any atom is 0.257 e. The van der Waals surface area contributed by atoms with Gasteiger partial charge >= 0.3 is 0 Å². The molecule has 0 aliphatic heterocycles. The van der Waals surface area contributed by atoms with Crippen LogP contribution in [-0.4, -0.2) is 47.0 Å². The number of anilines is 2. The number of benzene rings is 1. The quantitative estimate of drug-likeness (QED) is 0.528. The zero-order valence-electron chi connectivity index (χ0n) is 18.7. The van der Waals surface area contributed by atoms with E-state index < -0.39 is 0 Å². The van der Waals surface area contributed by atoms with Crippen LogP contribution in [0.1, 0.15) is 36.0 Å². The number of halogens is 1. The van der Waals surface area contributed by atoms with Gasteiger partial charge in [-0.2, -0.15) is 4.98 Å². The first kappa shape index (κ1) is 22.8. The van der Waals surface area contributed by atoms with Crippen molar-refractivity contribution in [2.24, 2.45) is 0 Å². The van der Waals surface area contributed by atoms with Crippen LogP contribution in [0.2, 0.25) is 5.02 Å². The topological polar surface area (TPSA) is 92.3 Å². The smallest absolute Gasteiger partial charge is 0.257 e. The molecule has 2 heterocycles. The highest BCUT2D eigenvalue weighted by molar-refractivity contribution is 6.32. The minimum Gasteiger partial charge on any atom is -0.438 e. The summed E-state index contributed by atoms with van der Waals surface area (Å²) in [4.78, 5) is 27.8. The molecule has 1 aromatic carbocycles. The largest absolute Gasteiger partial charge is 0.438 e. The van der Waals surface area contributed by atoms with E-state index in [4.69, 9.17) is 16.3 Å². The summed E-state index contributed by atoms with van der Waals surface area (Å²) < 4.78 is 5.83. The van der Waals surface area contributed by atoms with E-state index >= 15 is 0 Å². The van der Waals surface area contributed by atoms with Crippen LogP contribution >= 0.6 is 11.6 Å². The molecule has 1 aliphatic carbocycles. The van der Waals surface area contributed by atoms with Crippen molar-refractivity contribution in [3.63, 3.8) is 0 Å². The average Bonchev–Trinajstić information content (AvgIpc) is 2.82. The van der Waals surface area contributed by atoms with Crippen molar-refractivity contribution in [3.05, 3.63) is 65.4 Å². The molecule has 1 amide bonds. The Hall–Kier alpha value is -3.39. The van der Waals surface area contributed by atoms with Gasteiger partial charge in [0.1, 0.15) is 16.3 Å². The monoisotopic (exact) mass is 466 g/mol. The Bertz CT molecular complexity index is 1090. The van der Waals surface area contributed by atoms with Gasteiger partial charge in [-0.3, -0.25) is 4.79 Å². The summed E-state index contributed by atoms with van der Waals surface area (Å²) in [5.74, 6) is 2.00. The summed E-state index contributed by atoms with van der Waals surface area (Å²) in [5, 5.41) is 7.05. The second-order valence-corrected chi connectivity index (χ2v) is 8.60. The number of nitrogens with zero attached hydrogens (tertiary/aromatic N) is 4. The second kappa shape index (κ2) is 10.5. The molecule has 1 saturated carbocycles. The first-order valence-corrected chi connectivity index (χ1v) is 11.3. The van der Waals surface area contributed by atoms with Gasteiger partial charge in [-0.25, -0.2) is 9.97 Å². The molecule has 33 heavy (non-hydrogen) atoms. The summed E-state index contributed by atoms with van der Waals surface area (Å²) in [6.07, 6.45) is 6.73. The first-order valence-electron chi connectivity index (χ1n) is 10.9. The van der Waals surface area contributed by atoms with Gasteiger partial charge < -0.3 is 20.3 Å². The number of carbonyl (C=O) groups excluding carboxylic acids is 1. The fourth-order valence-electron chi connectivity index (χ4n) is 3.81. The highest BCUT2D eigenvalue weighted by Crippen LogP contribution is 2.26. The van der Waals surface area contributed by atoms with E-state index in [1.54, 1.807) is 24.5 Å². The number of carbonyl (C=O) groups is 1. The number of hydrogen-bond donors (Lipinski definition) is 2. The van der Waals surface area contributed by atoms with Crippen molar-refractivity contribution in [1.29, 1.82) is 0 Å². The number of amides is 1. The molecule has 1 fully saturated rings. The number of nitrogens with one attached hydrogen (secondary N) is 2. The molecule has 0 bridgehead atoms. The minimum atomic E-state index is -0.179. The molecule has 0 saturated heterocycles. The maximum absolute atomic E-state index is 12.9. The fourth-order valence-corrected chi connectivity index (χ4v) is 4.07. The van der Waals surface area contributed by atoms with Gasteiger partial charge in [0, 0.05) is 32.4 Å². The van der Waals surface area contributed by atoms with E-state index in [0.29, 0.717) is 34.0 Å². The van der Waals surface area contributed by atoms with Crippen molar-refractivity contribution in [1.82, 2.24) is 20.3 Å². The molecule has 8 nitrogen and oxygen atoms in total. The lowest BCUT2D eigenvalue weighted by Crippen LogP contribution is -2.40. The third kappa shape index (κ3) is 5.90. The van der Waals surface area contributed by atoms with Gasteiger partial charge in [0.2, 0.25) is 11.8 Å². The maximum atomic E-state index is 12.9. The van der Waals surface area contributed by atoms with Gasteiger partial charge in [0.25, 0.3) is 5.91 Å². The molecule has 1 aliphatic rings. The zero-order valence-corrected chi connectivity index (χ0v) is 19.4. The third-order valence-electron chi connectivity index (χ3n) is 5.52. The molecule has 0 unspecified atom stereocenters. The van der Waals surface area contributed by atoms with Crippen molar-refractivity contribution < 1.29 is 9.53 Å². The number of aromatic nitrogens is 3. The Morgan fingerprint density at radius 2 is 1.76 bits per heavy atom. The molecular formula is C24H27ClN6O2. The summed E-state index contributed by atoms with van der Waals surface area (Å²) >= 11 is 6.16. The number of para-hydroxylation sites is 1. The molecule has 0 radical (unpaired) electrons. The van der Waals surface area contributed by atoms with Crippen molar-refractivity contribution in [2.75, 3.05) is 24.3 Å². The number of pyridine rings is 1. The van der Waals surface area contributed by atoms with Crippen LogP contribution in [0, 0.1) is 0 Å². The molecular weight excluding hydrogens is 440 g/mol. The predicted molar refractivity (Wildman–Crippen MR) is 129 cm³/mol. The lowest BCUT2D eigenvalue weighted by Gasteiger charge is -2.30. The van der Waals surface area contributed by atoms with Crippen LogP contribution in [0.4, 0.5) is 11.8 Å². The SMILES string of the molecule is CN(C)c1nc(NC2CCC(NC(=O)c3cccnc3Oc3ccccc3)CC2)ncc1Cl. The van der Waals surface area contributed by atoms with E-state index in [9.17, 15) is 4.79 Å². The van der Waals surface area contributed by atoms with Crippen LogP contribution < -0.4 is 20.3 Å². The molecule has 9 heteroatoms. The normalized spacial score (nSPS) is 17.8. The second-order valence-electron chi connectivity index (χ2n) is 8.20. The number of hydrogen-bond acceptors (Lipinski definition) is 7. The molecule has 2 aromatic heterocycles. The van der Waals surface area contributed by atoms with Gasteiger partial charge in [-0.05, 0) is 49.9 Å². The molecule has 172 valence electrons. The predicted octanol–water partition coefficient (Wildman–Crippen LogP) is 4.54. The van der Waals surface area contributed by atoms with Gasteiger partial charge in [-0.1, -0.05) is 29.8 Å². The van der Waals surface area contributed by atoms with Gasteiger partial charge in [0.05, 0.1) is 6.20 Å². The Labute approximate surface area is 198 Å². The lowest BCUT2D eigenvalue weighted by molar-refractivity contribution is 0.0923. The minimum absolute atomic E-state index is 0.0869. The number of ether oxygens (including phenoxy) is 1. The van der Waals surface area contributed by atoms with Crippen LogP contribution in [0.3, 0.4) is 0 Å². The van der Waals surface area contributed by atoms with Crippen LogP contribution in [-0.2, 0) is 0 Å². The fraction of sp³-hybridized carbons (Fsp3) is 0.333. The zero-order chi connectivity index (χ0) is 23.2. The summed E-state index contributed by atoms with van der Waals surface area (Å²) in [6.45, 7) is 0. The molecule has 0 spiro atoms. The van der Waals surface area contributed by atoms with E-state index in [1.807, 2.05) is 49.3 Å². The van der Waals surface area contributed by atoms with Crippen molar-refractivity contribution in [3.8, 4) is 11.6 Å². The van der Waals surface area contributed by atoms with Gasteiger partial charge in [0.15, 0.2) is 5.82 Å². The lowest BCUT2D eigenvalue weighted by atomic mass is 9.91. The van der Waals surface area contributed by atoms with Crippen LogP contribution in [0.5, 0.6) is 11.6 Å². The Morgan fingerprint density at radius 3 is 2.48 bits per heavy atom. The molecule has 2 N–H and O–H groups in total. The first-order chi connectivity index (χ1) is 16.0. The van der Waals surface area contributed by atoms with Crippen molar-refractivity contribution in [2.45, 2.75) is 37.8 Å². The summed E-state index contributed by atoms with van der Waals surface area (Å²) in [5.41, 5.74) is 0.424. The molecule has 4 rings (SSSR count). The van der Waals surface area contributed by atoms with E-state index in [1.165, 1.54) is 0 Å². The Morgan fingerprint density at radius 1 is 1.03 bits per heavy atom. The standard InChI is InChI=1S/C24H27ClN6O2/c1-31(2)21-20(25)15-27-24(30-21)29-17-12-10-16(11-13-17)28-22(32)19-9-6-14-26-23(19)33-18-7-4-3-5-8-18/h3-9,14-17H,10-13H2,1-2H3,(H,28,32)(H,27,29,30). The number of rotatable bonds is 7. The third-order valence-corrected chi connectivity index (χ3v) is 5.78. The summed E-state index contributed by atoms with van der Waals surface area (Å²) in [6, 6.07) is 13.1. The molecule has 3 aromatic rings. The highest BCUT2D eigenvalue weighted by atomic mass is 35.5.